The van der Waals surface area contributed by atoms with Crippen molar-refractivity contribution in [2.45, 2.75) is 25.8 Å². The predicted octanol–water partition coefficient (Wildman–Crippen LogP) is 2.21. The Bertz CT molecular complexity index is 640. The molecule has 0 aliphatic rings. The van der Waals surface area contributed by atoms with Crippen LogP contribution in [0, 0.1) is 5.82 Å². The van der Waals surface area contributed by atoms with Crippen LogP contribution in [0.1, 0.15) is 25.0 Å². The molecule has 0 saturated heterocycles. The highest BCUT2D eigenvalue weighted by Crippen LogP contribution is 2.23. The molecule has 4 heteroatoms. The van der Waals surface area contributed by atoms with Crippen LogP contribution in [0.2, 0.25) is 0 Å². The van der Waals surface area contributed by atoms with Crippen LogP contribution in [0.5, 0.6) is 0 Å². The molecule has 0 aromatic heterocycles. The van der Waals surface area contributed by atoms with Crippen molar-refractivity contribution < 1.29 is 9.18 Å². The molecule has 2 aromatic carbocycles. The lowest BCUT2D eigenvalue weighted by molar-refractivity contribution is -0.125. The number of carbonyl (C=O) groups is 1. The van der Waals surface area contributed by atoms with Crippen LogP contribution in [-0.4, -0.2) is 13.8 Å². The molecular weight excluding hydrogens is 264 g/mol. The van der Waals surface area contributed by atoms with Crippen LogP contribution in [0.25, 0.3) is 0 Å². The summed E-state index contributed by atoms with van der Waals surface area (Å²) in [4.78, 5) is 12.4. The molecule has 0 saturated carbocycles. The molecule has 0 unspecified atom stereocenters. The Morgan fingerprint density at radius 1 is 1.19 bits per heavy atom. The summed E-state index contributed by atoms with van der Waals surface area (Å²) in [5, 5.41) is 2.77. The van der Waals surface area contributed by atoms with Gasteiger partial charge in [-0.3, -0.25) is 4.79 Å². The molecule has 2 aromatic rings. The first-order valence-corrected chi connectivity index (χ1v) is 6.79. The Balaban J connectivity index is 2.09. The molecule has 0 spiro atoms. The van der Waals surface area contributed by atoms with Crippen LogP contribution < -0.4 is 10.8 Å². The van der Waals surface area contributed by atoms with Gasteiger partial charge in [0.05, 0.1) is 5.41 Å². The molecule has 0 bridgehead atoms. The van der Waals surface area contributed by atoms with Gasteiger partial charge in [-0.25, -0.2) is 4.39 Å². The second-order valence-electron chi connectivity index (χ2n) is 5.52. The number of carbonyl (C=O) groups excluding carboxylic acids is 1. The third-order valence-corrected chi connectivity index (χ3v) is 3.57. The van der Waals surface area contributed by atoms with Gasteiger partial charge in [0.25, 0.3) is 0 Å². The minimum atomic E-state index is -0.682. The summed E-state index contributed by atoms with van der Waals surface area (Å²) in [6, 6.07) is 13.8. The van der Waals surface area contributed by atoms with Gasteiger partial charge in [0, 0.05) is 12.1 Å². The maximum Gasteiger partial charge on any atom is 0.230 e. The van der Waals surface area contributed by atoms with Gasteiger partial charge in [0.2, 0.25) is 5.91 Å². The molecule has 1 amide bonds. The Morgan fingerprint density at radius 3 is 2.52 bits per heavy atom. The van der Waals surface area contributed by atoms with E-state index in [0.717, 1.165) is 5.56 Å². The maximum absolute atomic E-state index is 13.6. The minimum absolute atomic E-state index is 0.117. The van der Waals surface area contributed by atoms with E-state index in [1.165, 1.54) is 18.2 Å². The number of nitrogens with one attached hydrogen (secondary N) is 1. The summed E-state index contributed by atoms with van der Waals surface area (Å²) in [5.41, 5.74) is 1.09. The monoisotopic (exact) mass is 281 g/mol. The second kappa shape index (κ2) is 6.12. The van der Waals surface area contributed by atoms with Crippen molar-refractivity contribution in [1.82, 2.24) is 5.32 Å². The molecule has 2 rings (SSSR count). The lowest BCUT2D eigenvalue weighted by Gasteiger charge is -2.24. The van der Waals surface area contributed by atoms with Crippen LogP contribution in [0.3, 0.4) is 0 Å². The van der Waals surface area contributed by atoms with Gasteiger partial charge < -0.3 is 5.32 Å². The number of rotatable bonds is 4. The zero-order chi connectivity index (χ0) is 15.5. The van der Waals surface area contributed by atoms with Crippen LogP contribution in [0.4, 0.5) is 4.39 Å². The Morgan fingerprint density at radius 2 is 1.86 bits per heavy atom. The topological polar surface area (TPSA) is 29.1 Å². The standard InChI is InChI=1S/C17H17BFNO/c1-17(2,13-6-4-3-5-7-13)16(21)20-11-12-10-14(18)8-9-15(12)19/h3-10H,11H2,1-2H3,(H,20,21). The average molecular weight is 281 g/mol. The van der Waals surface area contributed by atoms with Gasteiger partial charge in [0.1, 0.15) is 13.7 Å². The Hall–Kier alpha value is -2.10. The van der Waals surface area contributed by atoms with E-state index in [4.69, 9.17) is 7.85 Å². The fraction of sp³-hybridized carbons (Fsp3) is 0.235. The summed E-state index contributed by atoms with van der Waals surface area (Å²) in [7, 11) is 5.63. The van der Waals surface area contributed by atoms with Gasteiger partial charge in [-0.05, 0) is 25.5 Å². The number of hydrogen-bond acceptors (Lipinski definition) is 1. The molecule has 21 heavy (non-hydrogen) atoms. The molecule has 1 N–H and O–H groups in total. The molecule has 0 heterocycles. The highest BCUT2D eigenvalue weighted by atomic mass is 19.1. The van der Waals surface area contributed by atoms with Crippen molar-refractivity contribution in [1.29, 1.82) is 0 Å². The van der Waals surface area contributed by atoms with Crippen molar-refractivity contribution in [3.63, 3.8) is 0 Å². The summed E-state index contributed by atoms with van der Waals surface area (Å²) in [5.74, 6) is -0.530. The molecular formula is C17H17BFNO. The fourth-order valence-electron chi connectivity index (χ4n) is 2.11. The van der Waals surface area contributed by atoms with E-state index >= 15 is 0 Å². The van der Waals surface area contributed by atoms with Crippen molar-refractivity contribution in [3.8, 4) is 0 Å². The number of halogens is 1. The zero-order valence-electron chi connectivity index (χ0n) is 12.2. The molecule has 0 atom stereocenters. The van der Waals surface area contributed by atoms with Crippen LogP contribution in [-0.2, 0) is 16.8 Å². The number of benzene rings is 2. The second-order valence-corrected chi connectivity index (χ2v) is 5.52. The van der Waals surface area contributed by atoms with Crippen molar-refractivity contribution in [2.24, 2.45) is 0 Å². The molecule has 0 fully saturated rings. The van der Waals surface area contributed by atoms with E-state index in [0.29, 0.717) is 11.0 Å². The van der Waals surface area contributed by atoms with Gasteiger partial charge >= 0.3 is 0 Å². The molecule has 2 radical (unpaired) electrons. The molecule has 2 nitrogen and oxygen atoms in total. The first-order valence-electron chi connectivity index (χ1n) is 6.79. The first-order chi connectivity index (χ1) is 9.91. The lowest BCUT2D eigenvalue weighted by atomic mass is 9.83. The van der Waals surface area contributed by atoms with E-state index in [1.54, 1.807) is 0 Å². The first kappa shape index (κ1) is 15.3. The van der Waals surface area contributed by atoms with Crippen LogP contribution >= 0.6 is 0 Å². The van der Waals surface area contributed by atoms with Gasteiger partial charge in [0.15, 0.2) is 0 Å². The molecule has 106 valence electrons. The van der Waals surface area contributed by atoms with Gasteiger partial charge in [-0.2, -0.15) is 0 Å². The van der Waals surface area contributed by atoms with E-state index < -0.39 is 5.41 Å². The van der Waals surface area contributed by atoms with E-state index in [9.17, 15) is 9.18 Å². The predicted molar refractivity (Wildman–Crippen MR) is 83.1 cm³/mol. The highest BCUT2D eigenvalue weighted by Gasteiger charge is 2.29. The lowest BCUT2D eigenvalue weighted by Crippen LogP contribution is -2.39. The van der Waals surface area contributed by atoms with E-state index in [2.05, 4.69) is 5.32 Å². The summed E-state index contributed by atoms with van der Waals surface area (Å²) >= 11 is 0. The maximum atomic E-state index is 13.6. The SMILES string of the molecule is [B]c1ccc(F)c(CNC(=O)C(C)(C)c2ccccc2)c1. The average Bonchev–Trinajstić information content (AvgIpc) is 2.48. The third kappa shape index (κ3) is 3.51. The van der Waals surface area contributed by atoms with Crippen molar-refractivity contribution in [2.75, 3.05) is 0 Å². The highest BCUT2D eigenvalue weighted by molar-refractivity contribution is 6.32. The van der Waals surface area contributed by atoms with E-state index in [1.807, 2.05) is 44.2 Å². The van der Waals surface area contributed by atoms with Crippen molar-refractivity contribution in [3.05, 3.63) is 65.5 Å². The normalized spacial score (nSPS) is 11.2. The number of hydrogen-bond donors (Lipinski definition) is 1. The molecule has 0 aliphatic carbocycles. The smallest absolute Gasteiger partial charge is 0.230 e. The molecule has 0 aliphatic heterocycles. The summed E-state index contributed by atoms with van der Waals surface area (Å²) in [6.45, 7) is 3.80. The zero-order valence-corrected chi connectivity index (χ0v) is 12.2. The number of amides is 1. The van der Waals surface area contributed by atoms with Gasteiger partial charge in [-0.1, -0.05) is 47.9 Å². The largest absolute Gasteiger partial charge is 0.351 e. The summed E-state index contributed by atoms with van der Waals surface area (Å²) in [6.07, 6.45) is 0. The minimum Gasteiger partial charge on any atom is -0.351 e. The quantitative estimate of drug-likeness (QED) is 0.855. The van der Waals surface area contributed by atoms with E-state index in [-0.39, 0.29) is 18.3 Å². The Kier molecular flexibility index (Phi) is 4.46. The fourth-order valence-corrected chi connectivity index (χ4v) is 2.11. The Labute approximate surface area is 125 Å². The van der Waals surface area contributed by atoms with Gasteiger partial charge in [-0.15, -0.1) is 0 Å². The van der Waals surface area contributed by atoms with Crippen molar-refractivity contribution >= 4 is 19.2 Å². The summed E-state index contributed by atoms with van der Waals surface area (Å²) < 4.78 is 13.6. The van der Waals surface area contributed by atoms with Crippen LogP contribution in [0.15, 0.2) is 48.5 Å². The third-order valence-electron chi connectivity index (χ3n) is 3.57.